The molecule has 0 saturated carbocycles. The van der Waals surface area contributed by atoms with E-state index >= 15 is 0 Å². The number of ether oxygens (including phenoxy) is 3. The summed E-state index contributed by atoms with van der Waals surface area (Å²) in [5.41, 5.74) is 0. The van der Waals surface area contributed by atoms with Crippen LogP contribution < -0.4 is 4.74 Å². The van der Waals surface area contributed by atoms with Crippen molar-refractivity contribution in [2.75, 3.05) is 19.8 Å². The number of benzene rings is 1. The van der Waals surface area contributed by atoms with Gasteiger partial charge in [0.2, 0.25) is 0 Å². The van der Waals surface area contributed by atoms with E-state index in [-0.39, 0.29) is 6.29 Å². The summed E-state index contributed by atoms with van der Waals surface area (Å²) in [6.45, 7) is 2.10. The van der Waals surface area contributed by atoms with Crippen LogP contribution in [0.3, 0.4) is 0 Å². The zero-order valence-corrected chi connectivity index (χ0v) is 9.78. The van der Waals surface area contributed by atoms with Gasteiger partial charge in [0, 0.05) is 6.42 Å². The lowest BCUT2D eigenvalue weighted by molar-refractivity contribution is -0.183. The van der Waals surface area contributed by atoms with Crippen LogP contribution in [-0.4, -0.2) is 26.1 Å². The van der Waals surface area contributed by atoms with Gasteiger partial charge in [0.15, 0.2) is 6.29 Å². The van der Waals surface area contributed by atoms with Crippen LogP contribution in [-0.2, 0) is 9.47 Å². The minimum absolute atomic E-state index is 0.128. The summed E-state index contributed by atoms with van der Waals surface area (Å²) >= 11 is 5.96. The smallest absolute Gasteiger partial charge is 0.160 e. The van der Waals surface area contributed by atoms with Crippen LogP contribution in [0, 0.1) is 0 Å². The SMILES string of the molecule is Clc1ccccc1OCCC1OCCCO1. The summed E-state index contributed by atoms with van der Waals surface area (Å²) in [6.07, 6.45) is 1.57. The highest BCUT2D eigenvalue weighted by Crippen LogP contribution is 2.23. The Morgan fingerprint density at radius 1 is 1.25 bits per heavy atom. The standard InChI is InChI=1S/C12H15ClO3/c13-10-4-1-2-5-11(10)14-9-6-12-15-7-3-8-16-12/h1-2,4-5,12H,3,6-9H2. The van der Waals surface area contributed by atoms with E-state index in [2.05, 4.69) is 0 Å². The fourth-order valence-electron chi connectivity index (χ4n) is 1.53. The van der Waals surface area contributed by atoms with Crippen molar-refractivity contribution in [1.29, 1.82) is 0 Å². The first kappa shape index (κ1) is 11.7. The van der Waals surface area contributed by atoms with Crippen LogP contribution in [0.15, 0.2) is 24.3 Å². The van der Waals surface area contributed by atoms with Crippen molar-refractivity contribution in [3.8, 4) is 5.75 Å². The molecule has 4 heteroatoms. The third-order valence-electron chi connectivity index (χ3n) is 2.34. The molecular formula is C12H15ClO3. The summed E-state index contributed by atoms with van der Waals surface area (Å²) < 4.78 is 16.4. The highest BCUT2D eigenvalue weighted by molar-refractivity contribution is 6.32. The molecule has 0 N–H and O–H groups in total. The largest absolute Gasteiger partial charge is 0.492 e. The number of para-hydroxylation sites is 1. The maximum atomic E-state index is 5.96. The lowest BCUT2D eigenvalue weighted by Gasteiger charge is -2.23. The predicted molar refractivity (Wildman–Crippen MR) is 61.9 cm³/mol. The van der Waals surface area contributed by atoms with Gasteiger partial charge in [-0.25, -0.2) is 0 Å². The molecule has 0 spiro atoms. The zero-order valence-electron chi connectivity index (χ0n) is 9.02. The van der Waals surface area contributed by atoms with Gasteiger partial charge >= 0.3 is 0 Å². The van der Waals surface area contributed by atoms with Crippen molar-refractivity contribution in [2.24, 2.45) is 0 Å². The average Bonchev–Trinajstić information content (AvgIpc) is 2.33. The normalized spacial score (nSPS) is 17.3. The van der Waals surface area contributed by atoms with Gasteiger partial charge in [-0.2, -0.15) is 0 Å². The van der Waals surface area contributed by atoms with Crippen molar-refractivity contribution in [2.45, 2.75) is 19.1 Å². The van der Waals surface area contributed by atoms with Crippen molar-refractivity contribution in [3.05, 3.63) is 29.3 Å². The topological polar surface area (TPSA) is 27.7 Å². The molecule has 16 heavy (non-hydrogen) atoms. The molecule has 1 saturated heterocycles. The predicted octanol–water partition coefficient (Wildman–Crippen LogP) is 2.87. The highest BCUT2D eigenvalue weighted by Gasteiger charge is 2.14. The number of hydrogen-bond donors (Lipinski definition) is 0. The summed E-state index contributed by atoms with van der Waals surface area (Å²) in [6, 6.07) is 7.44. The number of rotatable bonds is 4. The Morgan fingerprint density at radius 2 is 2.00 bits per heavy atom. The van der Waals surface area contributed by atoms with E-state index in [4.69, 9.17) is 25.8 Å². The van der Waals surface area contributed by atoms with E-state index in [9.17, 15) is 0 Å². The van der Waals surface area contributed by atoms with Gasteiger partial charge in [-0.1, -0.05) is 23.7 Å². The maximum Gasteiger partial charge on any atom is 0.160 e. The van der Waals surface area contributed by atoms with Crippen LogP contribution >= 0.6 is 11.6 Å². The van der Waals surface area contributed by atoms with E-state index in [1.807, 2.05) is 24.3 Å². The summed E-state index contributed by atoms with van der Waals surface area (Å²) in [5.74, 6) is 0.708. The molecule has 1 aliphatic heterocycles. The zero-order chi connectivity index (χ0) is 11.2. The first-order valence-electron chi connectivity index (χ1n) is 5.47. The fraction of sp³-hybridized carbons (Fsp3) is 0.500. The Balaban J connectivity index is 1.73. The second-order valence-corrected chi connectivity index (χ2v) is 4.00. The van der Waals surface area contributed by atoms with Gasteiger partial charge in [0.05, 0.1) is 24.8 Å². The van der Waals surface area contributed by atoms with E-state index in [1.165, 1.54) is 0 Å². The van der Waals surface area contributed by atoms with Crippen molar-refractivity contribution in [3.63, 3.8) is 0 Å². The molecule has 1 aliphatic rings. The quantitative estimate of drug-likeness (QED) is 0.813. The van der Waals surface area contributed by atoms with E-state index < -0.39 is 0 Å². The van der Waals surface area contributed by atoms with Gasteiger partial charge in [-0.05, 0) is 18.6 Å². The first-order chi connectivity index (χ1) is 7.86. The number of halogens is 1. The monoisotopic (exact) mass is 242 g/mol. The molecule has 1 aromatic rings. The molecule has 1 aromatic carbocycles. The van der Waals surface area contributed by atoms with Crippen LogP contribution in [0.4, 0.5) is 0 Å². The summed E-state index contributed by atoms with van der Waals surface area (Å²) in [7, 11) is 0. The molecule has 1 fully saturated rings. The van der Waals surface area contributed by atoms with E-state index in [0.717, 1.165) is 26.1 Å². The molecule has 0 unspecified atom stereocenters. The molecule has 0 aliphatic carbocycles. The molecule has 1 heterocycles. The minimum Gasteiger partial charge on any atom is -0.492 e. The van der Waals surface area contributed by atoms with Crippen LogP contribution in [0.1, 0.15) is 12.8 Å². The van der Waals surface area contributed by atoms with Gasteiger partial charge < -0.3 is 14.2 Å². The third-order valence-corrected chi connectivity index (χ3v) is 2.66. The van der Waals surface area contributed by atoms with Crippen LogP contribution in [0.2, 0.25) is 5.02 Å². The van der Waals surface area contributed by atoms with Crippen molar-refractivity contribution in [1.82, 2.24) is 0 Å². The van der Waals surface area contributed by atoms with Crippen LogP contribution in [0.5, 0.6) is 5.75 Å². The molecule has 0 bridgehead atoms. The minimum atomic E-state index is -0.128. The molecule has 2 rings (SSSR count). The molecule has 0 radical (unpaired) electrons. The second-order valence-electron chi connectivity index (χ2n) is 3.59. The highest BCUT2D eigenvalue weighted by atomic mass is 35.5. The average molecular weight is 243 g/mol. The molecular weight excluding hydrogens is 228 g/mol. The third kappa shape index (κ3) is 3.37. The van der Waals surface area contributed by atoms with Gasteiger partial charge in [-0.15, -0.1) is 0 Å². The molecule has 0 aromatic heterocycles. The summed E-state index contributed by atoms with van der Waals surface area (Å²) in [4.78, 5) is 0. The lowest BCUT2D eigenvalue weighted by Crippen LogP contribution is -2.26. The van der Waals surface area contributed by atoms with Crippen molar-refractivity contribution < 1.29 is 14.2 Å². The molecule has 88 valence electrons. The Kier molecular flexibility index (Phi) is 4.45. The van der Waals surface area contributed by atoms with Gasteiger partial charge in [0.25, 0.3) is 0 Å². The summed E-state index contributed by atoms with van der Waals surface area (Å²) in [5, 5.41) is 0.632. The van der Waals surface area contributed by atoms with Crippen LogP contribution in [0.25, 0.3) is 0 Å². The maximum absolute atomic E-state index is 5.96. The van der Waals surface area contributed by atoms with E-state index in [1.54, 1.807) is 0 Å². The molecule has 3 nitrogen and oxygen atoms in total. The number of hydrogen-bond acceptors (Lipinski definition) is 3. The second kappa shape index (κ2) is 6.09. The Bertz CT molecular complexity index is 324. The van der Waals surface area contributed by atoms with Gasteiger partial charge in [-0.3, -0.25) is 0 Å². The fourth-order valence-corrected chi connectivity index (χ4v) is 1.72. The lowest BCUT2D eigenvalue weighted by atomic mass is 10.3. The molecule has 0 amide bonds. The first-order valence-corrected chi connectivity index (χ1v) is 5.84. The molecule has 0 atom stereocenters. The Labute approximate surface area is 100 Å². The Morgan fingerprint density at radius 3 is 2.75 bits per heavy atom. The van der Waals surface area contributed by atoms with E-state index in [0.29, 0.717) is 17.4 Å². The Hall–Kier alpha value is -0.770. The van der Waals surface area contributed by atoms with Gasteiger partial charge in [0.1, 0.15) is 5.75 Å². The van der Waals surface area contributed by atoms with Crippen molar-refractivity contribution >= 4 is 11.6 Å².